The maximum atomic E-state index is 7.54. The monoisotopic (exact) mass is 395 g/mol. The fourth-order valence-electron chi connectivity index (χ4n) is 1.53. The maximum absolute atomic E-state index is 7.54. The molecule has 1 aromatic rings. The Kier molecular flexibility index (Phi) is 7.00. The second-order valence-corrected chi connectivity index (χ2v) is 14.1. The molecule has 0 saturated heterocycles. The van der Waals surface area contributed by atoms with Crippen LogP contribution in [0.15, 0.2) is 24.3 Å². The summed E-state index contributed by atoms with van der Waals surface area (Å²) in [5.41, 5.74) is 1.97. The minimum Gasteiger partial charge on any atom is -0.473 e. The van der Waals surface area contributed by atoms with Crippen LogP contribution in [0.2, 0.25) is 18.1 Å². The van der Waals surface area contributed by atoms with Crippen LogP contribution in [0.3, 0.4) is 0 Å². The minimum absolute atomic E-state index is 0.174. The number of alkyl halides is 3. The van der Waals surface area contributed by atoms with Gasteiger partial charge in [-0.05, 0) is 29.3 Å². The Morgan fingerprint density at radius 1 is 1.09 bits per heavy atom. The first-order valence-corrected chi connectivity index (χ1v) is 11.4. The number of ether oxygens (including phenoxy) is 1. The van der Waals surface area contributed by atoms with E-state index in [1.165, 1.54) is 0 Å². The Bertz CT molecular complexity index is 551. The lowest BCUT2D eigenvalue weighted by Crippen LogP contribution is -2.40. The third-order valence-electron chi connectivity index (χ3n) is 4.04. The summed E-state index contributed by atoms with van der Waals surface area (Å²) in [7, 11) is -1.78. The van der Waals surface area contributed by atoms with E-state index in [0.29, 0.717) is 6.61 Å². The summed E-state index contributed by atoms with van der Waals surface area (Å²) in [6, 6.07) is 7.83. The molecule has 0 amide bonds. The van der Waals surface area contributed by atoms with Gasteiger partial charge in [0.05, 0.1) is 6.61 Å². The van der Waals surface area contributed by atoms with E-state index < -0.39 is 12.1 Å². The van der Waals surface area contributed by atoms with E-state index in [2.05, 4.69) is 33.9 Å². The van der Waals surface area contributed by atoms with Crippen molar-refractivity contribution in [2.24, 2.45) is 0 Å². The van der Waals surface area contributed by atoms with Crippen molar-refractivity contribution in [3.63, 3.8) is 0 Å². The Labute approximate surface area is 154 Å². The van der Waals surface area contributed by atoms with Crippen molar-refractivity contribution in [1.29, 1.82) is 5.41 Å². The number of halogens is 3. The van der Waals surface area contributed by atoms with E-state index >= 15 is 0 Å². The molecule has 3 nitrogen and oxygen atoms in total. The lowest BCUT2D eigenvalue weighted by molar-refractivity contribution is 0.273. The van der Waals surface area contributed by atoms with Gasteiger partial charge in [-0.25, -0.2) is 0 Å². The molecule has 0 aliphatic carbocycles. The summed E-state index contributed by atoms with van der Waals surface area (Å²) in [4.78, 5) is 0. The predicted octanol–water partition coefficient (Wildman–Crippen LogP) is 6.07. The number of rotatable bonds is 5. The van der Waals surface area contributed by atoms with E-state index in [0.717, 1.165) is 11.1 Å². The SMILES string of the molecule is CC(C)(C)[Si](C)(C)OCc1cccc(COC(=N)C(Cl)(Cl)Cl)c1. The molecule has 0 radical (unpaired) electrons. The zero-order chi connectivity index (χ0) is 17.9. The van der Waals surface area contributed by atoms with Crippen LogP contribution in [-0.4, -0.2) is 18.0 Å². The van der Waals surface area contributed by atoms with Gasteiger partial charge in [0.15, 0.2) is 8.32 Å². The molecule has 0 fully saturated rings. The molecule has 0 atom stereocenters. The molecule has 1 N–H and O–H groups in total. The lowest BCUT2D eigenvalue weighted by atomic mass is 10.1. The van der Waals surface area contributed by atoms with E-state index in [1.807, 2.05) is 24.3 Å². The summed E-state index contributed by atoms with van der Waals surface area (Å²) in [6.45, 7) is 11.8. The standard InChI is InChI=1S/C16H24Cl3NO2Si/c1-15(2,3)23(4,5)22-11-13-8-6-7-12(9-13)10-21-14(20)16(17,18)19/h6-9,20H,10-11H2,1-5H3. The molecule has 23 heavy (non-hydrogen) atoms. The van der Waals surface area contributed by atoms with Gasteiger partial charge >= 0.3 is 0 Å². The molecule has 0 aliphatic rings. The molecule has 7 heteroatoms. The van der Waals surface area contributed by atoms with Crippen LogP contribution in [0.1, 0.15) is 31.9 Å². The maximum Gasteiger partial charge on any atom is 0.265 e. The van der Waals surface area contributed by atoms with E-state index in [-0.39, 0.29) is 17.5 Å². The first-order valence-electron chi connectivity index (χ1n) is 7.33. The molecule has 0 unspecified atom stereocenters. The molecule has 0 saturated carbocycles. The predicted molar refractivity (Wildman–Crippen MR) is 101 cm³/mol. The molecule has 130 valence electrons. The number of hydrogen-bond donors (Lipinski definition) is 1. The van der Waals surface area contributed by atoms with Gasteiger partial charge in [-0.15, -0.1) is 0 Å². The fraction of sp³-hybridized carbons (Fsp3) is 0.562. The molecular weight excluding hydrogens is 373 g/mol. The Morgan fingerprint density at radius 3 is 2.09 bits per heavy atom. The normalized spacial score (nSPS) is 13.0. The number of hydrogen-bond acceptors (Lipinski definition) is 3. The van der Waals surface area contributed by atoms with Crippen molar-refractivity contribution in [3.05, 3.63) is 35.4 Å². The molecule has 0 aliphatic heterocycles. The highest BCUT2D eigenvalue weighted by molar-refractivity contribution is 6.76. The highest BCUT2D eigenvalue weighted by Gasteiger charge is 2.37. The van der Waals surface area contributed by atoms with Gasteiger partial charge in [-0.2, -0.15) is 0 Å². The Hall–Kier alpha value is -0.263. The van der Waals surface area contributed by atoms with E-state index in [9.17, 15) is 0 Å². The van der Waals surface area contributed by atoms with Gasteiger partial charge in [0, 0.05) is 0 Å². The smallest absolute Gasteiger partial charge is 0.265 e. The highest BCUT2D eigenvalue weighted by atomic mass is 35.6. The van der Waals surface area contributed by atoms with Crippen LogP contribution in [-0.2, 0) is 22.4 Å². The fourth-order valence-corrected chi connectivity index (χ4v) is 2.65. The zero-order valence-corrected chi connectivity index (χ0v) is 17.4. The van der Waals surface area contributed by atoms with Crippen LogP contribution in [0.4, 0.5) is 0 Å². The summed E-state index contributed by atoms with van der Waals surface area (Å²) < 4.78 is 9.58. The van der Waals surface area contributed by atoms with Gasteiger partial charge in [0.2, 0.25) is 5.90 Å². The van der Waals surface area contributed by atoms with Crippen LogP contribution in [0, 0.1) is 5.41 Å². The van der Waals surface area contributed by atoms with Crippen LogP contribution in [0.25, 0.3) is 0 Å². The highest BCUT2D eigenvalue weighted by Crippen LogP contribution is 2.37. The molecule has 0 aromatic heterocycles. The summed E-state index contributed by atoms with van der Waals surface area (Å²) >= 11 is 16.8. The van der Waals surface area contributed by atoms with Crippen LogP contribution >= 0.6 is 34.8 Å². The van der Waals surface area contributed by atoms with Crippen molar-refractivity contribution in [2.75, 3.05) is 0 Å². The average molecular weight is 397 g/mol. The molecule has 1 aromatic carbocycles. The molecule has 1 rings (SSSR count). The van der Waals surface area contributed by atoms with Crippen molar-refractivity contribution >= 4 is 49.0 Å². The average Bonchev–Trinajstić information content (AvgIpc) is 2.41. The topological polar surface area (TPSA) is 42.3 Å². The first kappa shape index (κ1) is 20.8. The van der Waals surface area contributed by atoms with Gasteiger partial charge < -0.3 is 9.16 Å². The van der Waals surface area contributed by atoms with Gasteiger partial charge in [-0.1, -0.05) is 79.8 Å². The molecular formula is C16H24Cl3NO2Si. The largest absolute Gasteiger partial charge is 0.473 e. The van der Waals surface area contributed by atoms with Crippen LogP contribution < -0.4 is 0 Å². The lowest BCUT2D eigenvalue weighted by Gasteiger charge is -2.36. The minimum atomic E-state index is -1.83. The quantitative estimate of drug-likeness (QED) is 0.284. The Balaban J connectivity index is 2.66. The van der Waals surface area contributed by atoms with Crippen LogP contribution in [0.5, 0.6) is 0 Å². The van der Waals surface area contributed by atoms with Crippen molar-refractivity contribution in [1.82, 2.24) is 0 Å². The van der Waals surface area contributed by atoms with Crippen molar-refractivity contribution < 1.29 is 9.16 Å². The summed E-state index contributed by atoms with van der Waals surface area (Å²) in [5.74, 6) is -0.384. The van der Waals surface area contributed by atoms with Crippen molar-refractivity contribution in [2.45, 2.75) is 55.9 Å². The number of benzene rings is 1. The summed E-state index contributed by atoms with van der Waals surface area (Å²) in [5, 5.41) is 7.71. The molecule has 0 heterocycles. The zero-order valence-electron chi connectivity index (χ0n) is 14.2. The van der Waals surface area contributed by atoms with Gasteiger partial charge in [0.25, 0.3) is 3.79 Å². The second kappa shape index (κ2) is 7.75. The van der Waals surface area contributed by atoms with Gasteiger partial charge in [0.1, 0.15) is 6.61 Å². The third kappa shape index (κ3) is 6.63. The Morgan fingerprint density at radius 2 is 1.61 bits per heavy atom. The second-order valence-electron chi connectivity index (χ2n) is 6.98. The van der Waals surface area contributed by atoms with Crippen molar-refractivity contribution in [3.8, 4) is 0 Å². The molecule has 0 bridgehead atoms. The first-order chi connectivity index (χ1) is 10.3. The number of nitrogens with one attached hydrogen (secondary N) is 1. The van der Waals surface area contributed by atoms with E-state index in [1.54, 1.807) is 0 Å². The third-order valence-corrected chi connectivity index (χ3v) is 9.03. The molecule has 0 spiro atoms. The van der Waals surface area contributed by atoms with Gasteiger partial charge in [-0.3, -0.25) is 5.41 Å². The van der Waals surface area contributed by atoms with E-state index in [4.69, 9.17) is 49.4 Å². The summed E-state index contributed by atoms with van der Waals surface area (Å²) in [6.07, 6.45) is 0.